The number of rotatable bonds is 15. The second-order valence-corrected chi connectivity index (χ2v) is 13.8. The summed E-state index contributed by atoms with van der Waals surface area (Å²) in [5.41, 5.74) is 6.16. The number of likely N-dealkylation sites (tertiary alicyclic amines) is 2. The van der Waals surface area contributed by atoms with Gasteiger partial charge in [-0.1, -0.05) is 87.8 Å². The summed E-state index contributed by atoms with van der Waals surface area (Å²) >= 11 is 0. The monoisotopic (exact) mass is 570 g/mol. The molecule has 4 heterocycles. The van der Waals surface area contributed by atoms with Crippen molar-refractivity contribution in [1.82, 2.24) is 9.80 Å². The number of fused-ring (bicyclic) bond motifs is 2. The molecule has 6 rings (SSSR count). The Hall–Kier alpha value is -2.04. The van der Waals surface area contributed by atoms with Crippen molar-refractivity contribution in [2.24, 2.45) is 0 Å². The molecule has 0 radical (unpaired) electrons. The van der Waals surface area contributed by atoms with Crippen molar-refractivity contribution in [3.05, 3.63) is 59.7 Å². The fourth-order valence-corrected chi connectivity index (χ4v) is 8.48. The summed E-state index contributed by atoms with van der Waals surface area (Å²) in [6, 6.07) is 19.7. The molecule has 0 N–H and O–H groups in total. The number of piperidine rings is 2. The van der Waals surface area contributed by atoms with Gasteiger partial charge in [0, 0.05) is 62.7 Å². The van der Waals surface area contributed by atoms with Crippen LogP contribution in [0.25, 0.3) is 0 Å². The Balaban J connectivity index is 0.718. The fraction of sp³-hybridized carbons (Fsp3) is 0.684. The lowest BCUT2D eigenvalue weighted by atomic mass is 10.0. The molecule has 4 aliphatic heterocycles. The van der Waals surface area contributed by atoms with E-state index in [1.54, 1.807) is 11.1 Å². The van der Waals surface area contributed by atoms with Crippen molar-refractivity contribution in [2.45, 2.75) is 115 Å². The van der Waals surface area contributed by atoms with Gasteiger partial charge in [-0.2, -0.15) is 0 Å². The van der Waals surface area contributed by atoms with Crippen LogP contribution < -0.4 is 9.80 Å². The Morgan fingerprint density at radius 1 is 0.429 bits per heavy atom. The van der Waals surface area contributed by atoms with Gasteiger partial charge in [0.05, 0.1) is 0 Å². The molecular formula is C38H58N4. The Labute approximate surface area is 257 Å². The van der Waals surface area contributed by atoms with Crippen LogP contribution in [-0.4, -0.2) is 74.2 Å². The van der Waals surface area contributed by atoms with E-state index in [0.717, 1.165) is 12.1 Å². The molecule has 0 aromatic heterocycles. The third kappa shape index (κ3) is 7.91. The highest BCUT2D eigenvalue weighted by Crippen LogP contribution is 2.33. The van der Waals surface area contributed by atoms with Gasteiger partial charge in [-0.15, -0.1) is 0 Å². The SMILES string of the molecule is c1ccc2c(c1)CCN2C1CCN(CCCCCCCCCCCCN2CCC(N3CCc4ccccc43)CC2)CC1. The highest BCUT2D eigenvalue weighted by atomic mass is 15.2. The van der Waals surface area contributed by atoms with Crippen molar-refractivity contribution in [3.8, 4) is 0 Å². The number of hydrogen-bond acceptors (Lipinski definition) is 4. The summed E-state index contributed by atoms with van der Waals surface area (Å²) in [4.78, 5) is 10.9. The Morgan fingerprint density at radius 2 is 0.786 bits per heavy atom. The third-order valence-electron chi connectivity index (χ3n) is 11.0. The molecule has 2 saturated heterocycles. The molecule has 2 aromatic carbocycles. The largest absolute Gasteiger partial charge is 0.368 e. The minimum Gasteiger partial charge on any atom is -0.368 e. The van der Waals surface area contributed by atoms with E-state index in [0.29, 0.717) is 0 Å². The molecule has 4 heteroatoms. The van der Waals surface area contributed by atoms with E-state index in [9.17, 15) is 0 Å². The van der Waals surface area contributed by atoms with E-state index in [1.807, 2.05) is 0 Å². The first-order valence-corrected chi connectivity index (χ1v) is 18.0. The summed E-state index contributed by atoms with van der Waals surface area (Å²) in [6.45, 7) is 10.3. The van der Waals surface area contributed by atoms with Crippen LogP contribution in [-0.2, 0) is 12.8 Å². The summed E-state index contributed by atoms with van der Waals surface area (Å²) in [5, 5.41) is 0. The van der Waals surface area contributed by atoms with E-state index < -0.39 is 0 Å². The maximum Gasteiger partial charge on any atom is 0.0402 e. The Bertz CT molecular complexity index is 983. The third-order valence-corrected chi connectivity index (χ3v) is 11.0. The lowest BCUT2D eigenvalue weighted by Crippen LogP contribution is -2.44. The van der Waals surface area contributed by atoms with Crippen LogP contribution in [0.5, 0.6) is 0 Å². The van der Waals surface area contributed by atoms with E-state index in [1.165, 1.54) is 166 Å². The zero-order valence-electron chi connectivity index (χ0n) is 26.5. The Kier molecular flexibility index (Phi) is 11.2. The molecule has 2 fully saturated rings. The molecule has 4 aliphatic rings. The summed E-state index contributed by atoms with van der Waals surface area (Å²) in [5.74, 6) is 0. The zero-order chi connectivity index (χ0) is 28.4. The van der Waals surface area contributed by atoms with Gasteiger partial charge < -0.3 is 19.6 Å². The highest BCUT2D eigenvalue weighted by molar-refractivity contribution is 5.59. The van der Waals surface area contributed by atoms with Gasteiger partial charge in [0.1, 0.15) is 0 Å². The van der Waals surface area contributed by atoms with E-state index in [2.05, 4.69) is 68.1 Å². The minimum absolute atomic E-state index is 0.765. The highest BCUT2D eigenvalue weighted by Gasteiger charge is 2.30. The number of nitrogens with zero attached hydrogens (tertiary/aromatic N) is 4. The van der Waals surface area contributed by atoms with Gasteiger partial charge in [0.25, 0.3) is 0 Å². The molecule has 0 aliphatic carbocycles. The number of hydrogen-bond donors (Lipinski definition) is 0. The molecule has 4 nitrogen and oxygen atoms in total. The van der Waals surface area contributed by atoms with Crippen LogP contribution in [0.15, 0.2) is 48.5 Å². The molecule has 0 spiro atoms. The first kappa shape index (κ1) is 30.0. The molecule has 0 atom stereocenters. The maximum atomic E-state index is 2.74. The second kappa shape index (κ2) is 15.6. The topological polar surface area (TPSA) is 13.0 Å². The summed E-state index contributed by atoms with van der Waals surface area (Å²) in [7, 11) is 0. The normalized spacial score (nSPS) is 20.4. The number of benzene rings is 2. The molecule has 0 saturated carbocycles. The Morgan fingerprint density at radius 3 is 1.19 bits per heavy atom. The summed E-state index contributed by atoms with van der Waals surface area (Å²) < 4.78 is 0. The number of anilines is 2. The van der Waals surface area contributed by atoms with Crippen molar-refractivity contribution >= 4 is 11.4 Å². The predicted octanol–water partition coefficient (Wildman–Crippen LogP) is 7.94. The lowest BCUT2D eigenvalue weighted by Gasteiger charge is -2.38. The zero-order valence-corrected chi connectivity index (χ0v) is 26.5. The van der Waals surface area contributed by atoms with Crippen LogP contribution >= 0.6 is 0 Å². The molecule has 0 amide bonds. The van der Waals surface area contributed by atoms with Crippen molar-refractivity contribution in [2.75, 3.05) is 62.2 Å². The molecule has 0 bridgehead atoms. The van der Waals surface area contributed by atoms with Crippen molar-refractivity contribution in [1.29, 1.82) is 0 Å². The van der Waals surface area contributed by atoms with E-state index >= 15 is 0 Å². The molecular weight excluding hydrogens is 512 g/mol. The van der Waals surface area contributed by atoms with Gasteiger partial charge in [-0.25, -0.2) is 0 Å². The lowest BCUT2D eigenvalue weighted by molar-refractivity contribution is 0.205. The van der Waals surface area contributed by atoms with Crippen LogP contribution in [0.4, 0.5) is 11.4 Å². The smallest absolute Gasteiger partial charge is 0.0402 e. The molecule has 0 unspecified atom stereocenters. The quantitative estimate of drug-likeness (QED) is 0.202. The van der Waals surface area contributed by atoms with Gasteiger partial charge >= 0.3 is 0 Å². The minimum atomic E-state index is 0.765. The van der Waals surface area contributed by atoms with Gasteiger partial charge in [0.2, 0.25) is 0 Å². The van der Waals surface area contributed by atoms with Crippen molar-refractivity contribution < 1.29 is 0 Å². The first-order valence-electron chi connectivity index (χ1n) is 18.0. The second-order valence-electron chi connectivity index (χ2n) is 13.8. The standard InChI is InChI=1S/C38H58N4/c1(3-5-7-13-25-39-27-21-35(22-28-39)41-31-19-33-15-9-11-17-37(33)41)2-4-6-8-14-26-40-29-23-36(24-30-40)42-32-20-34-16-10-12-18-38(34)42/h9-12,15-18,35-36H,1-8,13-14,19-32H2. The van der Waals surface area contributed by atoms with Gasteiger partial charge in [-0.05, 0) is 87.7 Å². The van der Waals surface area contributed by atoms with Crippen LogP contribution in [0, 0.1) is 0 Å². The van der Waals surface area contributed by atoms with Crippen LogP contribution in [0.2, 0.25) is 0 Å². The average molecular weight is 571 g/mol. The number of para-hydroxylation sites is 2. The van der Waals surface area contributed by atoms with E-state index in [4.69, 9.17) is 0 Å². The first-order chi connectivity index (χ1) is 20.8. The van der Waals surface area contributed by atoms with Gasteiger partial charge in [-0.3, -0.25) is 0 Å². The predicted molar refractivity (Wildman–Crippen MR) is 180 cm³/mol. The molecule has 42 heavy (non-hydrogen) atoms. The van der Waals surface area contributed by atoms with Crippen LogP contribution in [0.3, 0.4) is 0 Å². The average Bonchev–Trinajstić information content (AvgIpc) is 3.67. The summed E-state index contributed by atoms with van der Waals surface area (Å²) in [6.07, 6.45) is 22.2. The van der Waals surface area contributed by atoms with Crippen LogP contribution in [0.1, 0.15) is 101 Å². The maximum absolute atomic E-state index is 2.74. The van der Waals surface area contributed by atoms with E-state index in [-0.39, 0.29) is 0 Å². The van der Waals surface area contributed by atoms with Crippen molar-refractivity contribution in [3.63, 3.8) is 0 Å². The fourth-order valence-electron chi connectivity index (χ4n) is 8.48. The number of unbranched alkanes of at least 4 members (excludes halogenated alkanes) is 9. The molecule has 2 aromatic rings. The van der Waals surface area contributed by atoms with Gasteiger partial charge in [0.15, 0.2) is 0 Å². The molecule has 230 valence electrons.